The molecule has 2 aromatic rings. The van der Waals surface area contributed by atoms with E-state index in [1.807, 2.05) is 13.8 Å². The van der Waals surface area contributed by atoms with E-state index in [-0.39, 0.29) is 79.5 Å². The van der Waals surface area contributed by atoms with Crippen molar-refractivity contribution in [1.29, 1.82) is 0 Å². The van der Waals surface area contributed by atoms with Crippen LogP contribution in [-0.4, -0.2) is 9.97 Å². The van der Waals surface area contributed by atoms with Crippen LogP contribution in [0.1, 0.15) is 19.5 Å². The summed E-state index contributed by atoms with van der Waals surface area (Å²) in [5, 5.41) is -0.216. The monoisotopic (exact) mass is 339 g/mol. The first-order chi connectivity index (χ1) is 9.47. The van der Waals surface area contributed by atoms with Crippen LogP contribution in [0.25, 0.3) is 0 Å². The van der Waals surface area contributed by atoms with E-state index in [0.717, 1.165) is 6.07 Å². The Balaban J connectivity index is 0.00000128. The van der Waals surface area contributed by atoms with Gasteiger partial charge < -0.3 is 10.5 Å². The smallest absolute Gasteiger partial charge is 0.459 e. The summed E-state index contributed by atoms with van der Waals surface area (Å²) in [6, 6.07) is 1.57. The summed E-state index contributed by atoms with van der Waals surface area (Å²) >= 11 is 5.66. The van der Waals surface area contributed by atoms with Crippen molar-refractivity contribution >= 4 is 17.4 Å². The number of nitrogen functional groups attached to an aromatic ring is 1. The fourth-order valence-electron chi connectivity index (χ4n) is 1.19. The molecule has 0 aliphatic carbocycles. The van der Waals surface area contributed by atoms with Gasteiger partial charge >= 0.3 is 51.4 Å². The van der Waals surface area contributed by atoms with Crippen molar-refractivity contribution < 1.29 is 64.9 Å². The average Bonchev–Trinajstić information content (AvgIpc) is 2.40. The summed E-state index contributed by atoms with van der Waals surface area (Å²) in [6.45, 7) is 7.51. The largest absolute Gasteiger partial charge is 1.00 e. The molecular formula is C13H13ClF2KN3O. The van der Waals surface area contributed by atoms with Gasteiger partial charge in [0.25, 0.3) is 0 Å². The van der Waals surface area contributed by atoms with Crippen LogP contribution in [0.4, 0.5) is 14.6 Å². The van der Waals surface area contributed by atoms with Gasteiger partial charge in [0.1, 0.15) is 5.82 Å². The zero-order chi connectivity index (χ0) is 15.3. The van der Waals surface area contributed by atoms with Gasteiger partial charge in [-0.05, 0) is 11.9 Å². The van der Waals surface area contributed by atoms with Gasteiger partial charge in [-0.2, -0.15) is 0 Å². The summed E-state index contributed by atoms with van der Waals surface area (Å²) in [6.07, 6.45) is 1.21. The molecule has 0 radical (unpaired) electrons. The molecule has 0 bridgehead atoms. The topological polar surface area (TPSA) is 61.0 Å². The van der Waals surface area contributed by atoms with E-state index < -0.39 is 11.6 Å². The van der Waals surface area contributed by atoms with Gasteiger partial charge in [-0.3, -0.25) is 9.97 Å². The van der Waals surface area contributed by atoms with E-state index in [4.69, 9.17) is 22.1 Å². The van der Waals surface area contributed by atoms with Crippen molar-refractivity contribution in [2.45, 2.75) is 13.8 Å². The molecule has 0 aliphatic rings. The minimum atomic E-state index is -0.945. The van der Waals surface area contributed by atoms with E-state index in [9.17, 15) is 8.78 Å². The van der Waals surface area contributed by atoms with Crippen LogP contribution in [0.5, 0.6) is 11.6 Å². The predicted molar refractivity (Wildman–Crippen MR) is 73.7 cm³/mol. The number of rotatable bonds is 2. The van der Waals surface area contributed by atoms with Crippen molar-refractivity contribution in [2.24, 2.45) is 0 Å². The number of anilines is 1. The average molecular weight is 340 g/mol. The van der Waals surface area contributed by atoms with Crippen molar-refractivity contribution in [3.8, 4) is 11.6 Å². The fraction of sp³-hybridized carbons (Fsp3) is 0.154. The molecule has 0 fully saturated rings. The van der Waals surface area contributed by atoms with Crippen LogP contribution >= 0.6 is 11.6 Å². The van der Waals surface area contributed by atoms with Crippen molar-refractivity contribution in [3.63, 3.8) is 0 Å². The summed E-state index contributed by atoms with van der Waals surface area (Å²) in [4.78, 5) is 7.57. The first-order valence-electron chi connectivity index (χ1n) is 5.74. The number of nitrogens with two attached hydrogens (primary N) is 1. The first-order valence-corrected chi connectivity index (χ1v) is 6.12. The van der Waals surface area contributed by atoms with Crippen LogP contribution in [-0.2, 0) is 0 Å². The summed E-state index contributed by atoms with van der Waals surface area (Å²) in [5.41, 5.74) is 5.74. The van der Waals surface area contributed by atoms with Gasteiger partial charge in [0.05, 0.1) is 11.2 Å². The Labute approximate surface area is 169 Å². The SMILES string of the molecule is CC.[CH2-]c1ncc(Oc2c(F)cc(F)cc2Cl)nc1N.[K+]. The molecule has 0 aliphatic heterocycles. The maximum atomic E-state index is 13.4. The van der Waals surface area contributed by atoms with Gasteiger partial charge in [-0.1, -0.05) is 31.1 Å². The molecule has 2 rings (SSSR count). The third kappa shape index (κ3) is 5.69. The molecule has 1 aromatic carbocycles. The molecule has 108 valence electrons. The summed E-state index contributed by atoms with van der Waals surface area (Å²) in [7, 11) is 0. The maximum Gasteiger partial charge on any atom is 1.00 e. The second-order valence-electron chi connectivity index (χ2n) is 3.34. The summed E-state index contributed by atoms with van der Waals surface area (Å²) in [5.74, 6) is -2.11. The normalized spacial score (nSPS) is 9.19. The van der Waals surface area contributed by atoms with Crippen molar-refractivity contribution in [3.05, 3.63) is 47.6 Å². The Morgan fingerprint density at radius 3 is 2.43 bits per heavy atom. The number of aromatic nitrogens is 2. The predicted octanol–water partition coefficient (Wildman–Crippen LogP) is 0.995. The van der Waals surface area contributed by atoms with E-state index in [2.05, 4.69) is 16.9 Å². The molecule has 1 aromatic heterocycles. The molecule has 21 heavy (non-hydrogen) atoms. The van der Waals surface area contributed by atoms with E-state index in [1.165, 1.54) is 6.20 Å². The van der Waals surface area contributed by atoms with Crippen LogP contribution in [0.15, 0.2) is 18.3 Å². The number of benzene rings is 1. The van der Waals surface area contributed by atoms with Crippen molar-refractivity contribution in [1.82, 2.24) is 9.97 Å². The van der Waals surface area contributed by atoms with Crippen LogP contribution < -0.4 is 61.9 Å². The zero-order valence-electron chi connectivity index (χ0n) is 12.0. The molecule has 0 spiro atoms. The minimum Gasteiger partial charge on any atom is -0.459 e. The van der Waals surface area contributed by atoms with Crippen molar-refractivity contribution in [2.75, 3.05) is 5.73 Å². The van der Waals surface area contributed by atoms with Crippen LogP contribution in [0.2, 0.25) is 5.02 Å². The Morgan fingerprint density at radius 1 is 1.29 bits per heavy atom. The van der Waals surface area contributed by atoms with Gasteiger partial charge in [-0.25, -0.2) is 15.7 Å². The Morgan fingerprint density at radius 2 is 1.90 bits per heavy atom. The summed E-state index contributed by atoms with van der Waals surface area (Å²) < 4.78 is 31.3. The number of nitrogens with zero attached hydrogens (tertiary/aromatic N) is 2. The molecule has 0 saturated heterocycles. The second kappa shape index (κ2) is 9.55. The molecule has 0 saturated carbocycles. The third-order valence-electron chi connectivity index (χ3n) is 2.03. The second-order valence-corrected chi connectivity index (χ2v) is 3.75. The van der Waals surface area contributed by atoms with E-state index in [0.29, 0.717) is 6.07 Å². The third-order valence-corrected chi connectivity index (χ3v) is 2.31. The van der Waals surface area contributed by atoms with Crippen LogP contribution in [0, 0.1) is 18.6 Å². The fourth-order valence-corrected chi connectivity index (χ4v) is 1.42. The van der Waals surface area contributed by atoms with E-state index in [1.54, 1.807) is 0 Å². The Hall–Kier alpha value is -0.444. The number of hydrogen-bond donors (Lipinski definition) is 1. The molecule has 0 atom stereocenters. The molecule has 2 N–H and O–H groups in total. The van der Waals surface area contributed by atoms with Crippen LogP contribution in [0.3, 0.4) is 0 Å². The Bertz CT molecular complexity index is 591. The van der Waals surface area contributed by atoms with Gasteiger partial charge in [-0.15, -0.1) is 0 Å². The molecule has 0 unspecified atom stereocenters. The molecule has 1 heterocycles. The molecular weight excluding hydrogens is 327 g/mol. The standard InChI is InChI=1S/C11H7ClF2N3O.C2H6.K/c1-5-11(15)17-9(4-16-5)18-10-7(12)2-6(13)3-8(10)14;1-2;/h2-4H,1H2,(H2,15,17);1-2H3;/q-1;;+1. The number of ether oxygens (including phenoxy) is 1. The molecule has 4 nitrogen and oxygen atoms in total. The van der Waals surface area contributed by atoms with Gasteiger partial charge in [0.2, 0.25) is 5.88 Å². The van der Waals surface area contributed by atoms with Gasteiger partial charge in [0, 0.05) is 6.07 Å². The van der Waals surface area contributed by atoms with E-state index >= 15 is 0 Å². The molecule has 8 heteroatoms. The maximum absolute atomic E-state index is 13.4. The zero-order valence-corrected chi connectivity index (χ0v) is 15.8. The molecule has 0 amide bonds. The number of halogens is 3. The van der Waals surface area contributed by atoms with Gasteiger partial charge in [0.15, 0.2) is 11.6 Å². The quantitative estimate of drug-likeness (QED) is 0.655. The first kappa shape index (κ1) is 20.6. The minimum absolute atomic E-state index is 0. The Kier molecular flexibility index (Phi) is 9.35. The number of hydrogen-bond acceptors (Lipinski definition) is 4.